The zero-order valence-corrected chi connectivity index (χ0v) is 23.0. The monoisotopic (exact) mass is 603 g/mol. The summed E-state index contributed by atoms with van der Waals surface area (Å²) in [5, 5.41) is 4.59. The minimum atomic E-state index is -2.52. The zero-order chi connectivity index (χ0) is 25.4. The summed E-state index contributed by atoms with van der Waals surface area (Å²) in [6, 6.07) is 6.12. The van der Waals surface area contributed by atoms with E-state index in [2.05, 4.69) is 46.3 Å². The Morgan fingerprint density at radius 1 is 1.23 bits per heavy atom. The van der Waals surface area contributed by atoms with Crippen LogP contribution in [0, 0.1) is 0 Å². The molecular weight excluding hydrogens is 567 g/mol. The number of hydrogen-bond acceptors (Lipinski definition) is 6. The molecule has 2 heterocycles. The van der Waals surface area contributed by atoms with E-state index in [4.69, 9.17) is 19.2 Å². The van der Waals surface area contributed by atoms with Crippen LogP contribution >= 0.6 is 22.6 Å². The fourth-order valence-corrected chi connectivity index (χ4v) is 4.93. The number of piperidine rings is 1. The number of rotatable bonds is 13. The SMILES string of the molecule is C=C(OC)c1cc(NC(CC)CCI)c2cc(OC)c(OCCCN3CCC(F)(F)CC3)cc2n1. The zero-order valence-electron chi connectivity index (χ0n) is 20.8. The lowest BCUT2D eigenvalue weighted by Crippen LogP contribution is -2.40. The van der Waals surface area contributed by atoms with Crippen molar-refractivity contribution in [3.05, 3.63) is 30.5 Å². The van der Waals surface area contributed by atoms with Gasteiger partial charge in [0.2, 0.25) is 0 Å². The van der Waals surface area contributed by atoms with Gasteiger partial charge in [-0.25, -0.2) is 13.8 Å². The highest BCUT2D eigenvalue weighted by Crippen LogP contribution is 2.37. The molecule has 2 aromatic rings. The van der Waals surface area contributed by atoms with E-state index in [0.717, 1.165) is 46.8 Å². The summed E-state index contributed by atoms with van der Waals surface area (Å²) in [5.41, 5.74) is 2.36. The number of fused-ring (bicyclic) bond motifs is 1. The van der Waals surface area contributed by atoms with E-state index < -0.39 is 5.92 Å². The lowest BCUT2D eigenvalue weighted by atomic mass is 10.1. The highest BCUT2D eigenvalue weighted by molar-refractivity contribution is 14.1. The lowest BCUT2D eigenvalue weighted by Gasteiger charge is -2.31. The summed E-state index contributed by atoms with van der Waals surface area (Å²) < 4.78 is 44.8. The van der Waals surface area contributed by atoms with Gasteiger partial charge in [-0.05, 0) is 31.4 Å². The minimum absolute atomic E-state index is 0.0692. The molecule has 1 aromatic carbocycles. The number of aromatic nitrogens is 1. The second-order valence-electron chi connectivity index (χ2n) is 8.83. The third-order valence-corrected chi connectivity index (χ3v) is 7.02. The Balaban J connectivity index is 1.79. The Labute approximate surface area is 220 Å². The van der Waals surface area contributed by atoms with E-state index in [1.807, 2.05) is 18.2 Å². The Morgan fingerprint density at radius 3 is 2.60 bits per heavy atom. The molecule has 3 rings (SSSR count). The number of pyridine rings is 1. The number of anilines is 1. The molecule has 0 spiro atoms. The van der Waals surface area contributed by atoms with E-state index in [-0.39, 0.29) is 12.8 Å². The Kier molecular flexibility index (Phi) is 10.2. The molecule has 1 aliphatic rings. The minimum Gasteiger partial charge on any atom is -0.495 e. The van der Waals surface area contributed by atoms with E-state index in [0.29, 0.717) is 48.7 Å². The molecule has 1 atom stereocenters. The van der Waals surface area contributed by atoms with Crippen molar-refractivity contribution in [3.8, 4) is 11.5 Å². The van der Waals surface area contributed by atoms with Crippen molar-refractivity contribution in [2.75, 3.05) is 50.2 Å². The Morgan fingerprint density at radius 2 is 1.97 bits per heavy atom. The van der Waals surface area contributed by atoms with Gasteiger partial charge in [-0.15, -0.1) is 0 Å². The van der Waals surface area contributed by atoms with Crippen LogP contribution in [0.5, 0.6) is 11.5 Å². The fraction of sp³-hybridized carbons (Fsp3) is 0.577. The molecule has 1 fully saturated rings. The van der Waals surface area contributed by atoms with Crippen LogP contribution in [-0.4, -0.2) is 66.7 Å². The van der Waals surface area contributed by atoms with Crippen LogP contribution in [0.1, 0.15) is 44.7 Å². The number of ether oxygens (including phenoxy) is 3. The maximum atomic E-state index is 13.4. The predicted molar refractivity (Wildman–Crippen MR) is 146 cm³/mol. The maximum absolute atomic E-state index is 13.4. The molecule has 0 amide bonds. The fourth-order valence-electron chi connectivity index (χ4n) is 4.18. The van der Waals surface area contributed by atoms with Gasteiger partial charge >= 0.3 is 0 Å². The summed E-state index contributed by atoms with van der Waals surface area (Å²) in [4.78, 5) is 6.83. The van der Waals surface area contributed by atoms with E-state index in [1.54, 1.807) is 14.2 Å². The molecule has 35 heavy (non-hydrogen) atoms. The van der Waals surface area contributed by atoms with Crippen LogP contribution in [0.25, 0.3) is 16.7 Å². The first-order chi connectivity index (χ1) is 16.8. The molecule has 1 aliphatic heterocycles. The third kappa shape index (κ3) is 7.55. The van der Waals surface area contributed by atoms with Crippen LogP contribution < -0.4 is 14.8 Å². The second-order valence-corrected chi connectivity index (χ2v) is 9.91. The number of benzene rings is 1. The quantitative estimate of drug-likeness (QED) is 0.124. The first-order valence-corrected chi connectivity index (χ1v) is 13.6. The van der Waals surface area contributed by atoms with Crippen LogP contribution in [0.4, 0.5) is 14.5 Å². The van der Waals surface area contributed by atoms with Crippen molar-refractivity contribution in [1.82, 2.24) is 9.88 Å². The number of likely N-dealkylation sites (tertiary alicyclic amines) is 1. The number of halogens is 3. The van der Waals surface area contributed by atoms with Gasteiger partial charge in [-0.1, -0.05) is 36.1 Å². The second kappa shape index (κ2) is 12.9. The predicted octanol–water partition coefficient (Wildman–Crippen LogP) is 6.38. The highest BCUT2D eigenvalue weighted by Gasteiger charge is 2.33. The van der Waals surface area contributed by atoms with Gasteiger partial charge in [0.1, 0.15) is 11.5 Å². The third-order valence-electron chi connectivity index (χ3n) is 6.40. The molecule has 1 N–H and O–H groups in total. The van der Waals surface area contributed by atoms with Gasteiger partial charge in [0.15, 0.2) is 11.5 Å². The summed E-state index contributed by atoms with van der Waals surface area (Å²) in [7, 11) is 3.20. The Bertz CT molecular complexity index is 995. The number of methoxy groups -OCH3 is 2. The summed E-state index contributed by atoms with van der Waals surface area (Å²) in [5.74, 6) is -0.808. The van der Waals surface area contributed by atoms with Gasteiger partial charge < -0.3 is 24.4 Å². The molecule has 1 unspecified atom stereocenters. The Hall–Kier alpha value is -1.88. The molecule has 0 bridgehead atoms. The summed E-state index contributed by atoms with van der Waals surface area (Å²) in [6.07, 6.45) is 2.65. The topological polar surface area (TPSA) is 55.9 Å². The van der Waals surface area contributed by atoms with Crippen molar-refractivity contribution in [2.45, 2.75) is 51.0 Å². The van der Waals surface area contributed by atoms with Gasteiger partial charge in [-0.3, -0.25) is 0 Å². The van der Waals surface area contributed by atoms with Crippen molar-refractivity contribution in [1.29, 1.82) is 0 Å². The molecule has 9 heteroatoms. The molecule has 1 saturated heterocycles. The molecule has 1 aromatic heterocycles. The van der Waals surface area contributed by atoms with Crippen molar-refractivity contribution in [3.63, 3.8) is 0 Å². The van der Waals surface area contributed by atoms with Gasteiger partial charge in [0, 0.05) is 60.1 Å². The molecule has 0 radical (unpaired) electrons. The average Bonchev–Trinajstić information content (AvgIpc) is 2.85. The largest absolute Gasteiger partial charge is 0.495 e. The molecule has 0 saturated carbocycles. The van der Waals surface area contributed by atoms with E-state index in [9.17, 15) is 8.78 Å². The van der Waals surface area contributed by atoms with Crippen molar-refractivity contribution < 1.29 is 23.0 Å². The lowest BCUT2D eigenvalue weighted by molar-refractivity contribution is -0.0554. The first kappa shape index (κ1) is 27.7. The van der Waals surface area contributed by atoms with Crippen molar-refractivity contribution >= 4 is 44.9 Å². The number of hydrogen-bond donors (Lipinski definition) is 1. The molecular formula is C26H36F2IN3O3. The van der Waals surface area contributed by atoms with Crippen LogP contribution in [0.3, 0.4) is 0 Å². The standard InChI is InChI=1S/C26H36F2IN3O3/c1-5-19(7-10-29)30-22-16-21(18(2)33-3)31-23-17-25(24(34-4)15-20(22)23)35-14-6-11-32-12-8-26(27,28)9-13-32/h15-17,19H,2,5-14H2,1,3-4H3,(H,30,31). The van der Waals surface area contributed by atoms with E-state index >= 15 is 0 Å². The molecule has 6 nitrogen and oxygen atoms in total. The molecule has 0 aliphatic carbocycles. The molecule has 194 valence electrons. The highest BCUT2D eigenvalue weighted by atomic mass is 127. The average molecular weight is 603 g/mol. The normalized spacial score (nSPS) is 16.6. The van der Waals surface area contributed by atoms with Crippen LogP contribution in [-0.2, 0) is 4.74 Å². The number of nitrogens with one attached hydrogen (secondary N) is 1. The number of alkyl halides is 3. The first-order valence-electron chi connectivity index (χ1n) is 12.1. The van der Waals surface area contributed by atoms with Crippen LogP contribution in [0.15, 0.2) is 24.8 Å². The van der Waals surface area contributed by atoms with Gasteiger partial charge in [0.25, 0.3) is 5.92 Å². The van der Waals surface area contributed by atoms with Gasteiger partial charge in [0.05, 0.1) is 26.3 Å². The number of nitrogens with zero attached hydrogens (tertiary/aromatic N) is 2. The van der Waals surface area contributed by atoms with Crippen LogP contribution in [0.2, 0.25) is 0 Å². The smallest absolute Gasteiger partial charge is 0.250 e. The maximum Gasteiger partial charge on any atom is 0.250 e. The van der Waals surface area contributed by atoms with Gasteiger partial charge in [-0.2, -0.15) is 0 Å². The van der Waals surface area contributed by atoms with Crippen molar-refractivity contribution in [2.24, 2.45) is 0 Å². The van der Waals surface area contributed by atoms with E-state index in [1.165, 1.54) is 0 Å². The summed E-state index contributed by atoms with van der Waals surface area (Å²) in [6.45, 7) is 8.18. The summed E-state index contributed by atoms with van der Waals surface area (Å²) >= 11 is 2.40.